The molecule has 1 N–H and O–H groups in total. The molecule has 0 aliphatic carbocycles. The second-order valence-corrected chi connectivity index (χ2v) is 6.58. The van der Waals surface area contributed by atoms with Crippen LogP contribution in [0.5, 0.6) is 0 Å². The third-order valence-corrected chi connectivity index (χ3v) is 3.48. The molecule has 1 saturated heterocycles. The van der Waals surface area contributed by atoms with E-state index in [0.29, 0.717) is 0 Å². The van der Waals surface area contributed by atoms with Gasteiger partial charge in [0.25, 0.3) is 0 Å². The number of rotatable bonds is 4. The van der Waals surface area contributed by atoms with Gasteiger partial charge in [-0.1, -0.05) is 33.6 Å². The lowest BCUT2D eigenvalue weighted by Crippen LogP contribution is -2.51. The minimum absolute atomic E-state index is 0.162. The van der Waals surface area contributed by atoms with Crippen LogP contribution in [0.2, 0.25) is 0 Å². The van der Waals surface area contributed by atoms with Crippen LogP contribution in [0, 0.1) is 5.41 Å². The first-order chi connectivity index (χ1) is 7.78. The third-order valence-electron chi connectivity index (χ3n) is 3.48. The maximum atomic E-state index is 12.4. The van der Waals surface area contributed by atoms with Crippen LogP contribution in [0.15, 0.2) is 0 Å². The van der Waals surface area contributed by atoms with Gasteiger partial charge in [-0.2, -0.15) is 0 Å². The van der Waals surface area contributed by atoms with Crippen molar-refractivity contribution in [1.82, 2.24) is 10.2 Å². The lowest BCUT2D eigenvalue weighted by atomic mass is 9.93. The highest BCUT2D eigenvalue weighted by Crippen LogP contribution is 2.24. The predicted octanol–water partition coefficient (Wildman–Crippen LogP) is 2.41. The van der Waals surface area contributed by atoms with Crippen molar-refractivity contribution in [3.63, 3.8) is 0 Å². The van der Waals surface area contributed by atoms with E-state index in [1.54, 1.807) is 0 Å². The van der Waals surface area contributed by atoms with Gasteiger partial charge in [0, 0.05) is 19.6 Å². The summed E-state index contributed by atoms with van der Waals surface area (Å²) in [4.78, 5) is 14.5. The number of hydrogen-bond acceptors (Lipinski definition) is 2. The van der Waals surface area contributed by atoms with E-state index in [-0.39, 0.29) is 11.3 Å². The number of hydrogen-bond donors (Lipinski definition) is 1. The Balaban J connectivity index is 2.72. The second kappa shape index (κ2) is 5.38. The molecule has 0 atom stereocenters. The molecule has 100 valence electrons. The molecule has 3 heteroatoms. The van der Waals surface area contributed by atoms with Crippen LogP contribution in [-0.4, -0.2) is 36.0 Å². The first kappa shape index (κ1) is 14.5. The van der Waals surface area contributed by atoms with Crippen molar-refractivity contribution >= 4 is 5.91 Å². The second-order valence-electron chi connectivity index (χ2n) is 6.58. The van der Waals surface area contributed by atoms with Crippen LogP contribution < -0.4 is 5.32 Å². The molecule has 1 rings (SSSR count). The molecule has 1 heterocycles. The monoisotopic (exact) mass is 240 g/mol. The summed E-state index contributed by atoms with van der Waals surface area (Å²) in [6.45, 7) is 13.3. The number of amides is 1. The Morgan fingerprint density at radius 2 is 1.88 bits per heavy atom. The molecule has 1 fully saturated rings. The number of nitrogens with one attached hydrogen (secondary N) is 1. The van der Waals surface area contributed by atoms with Gasteiger partial charge in [-0.15, -0.1) is 0 Å². The number of nitrogens with zero attached hydrogens (tertiary/aromatic N) is 1. The van der Waals surface area contributed by atoms with Gasteiger partial charge in [0.1, 0.15) is 0 Å². The average Bonchev–Trinajstić information content (AvgIpc) is 2.30. The van der Waals surface area contributed by atoms with Crippen LogP contribution >= 0.6 is 0 Å². The summed E-state index contributed by atoms with van der Waals surface area (Å²) < 4.78 is 0. The van der Waals surface area contributed by atoms with Crippen molar-refractivity contribution in [2.24, 2.45) is 5.41 Å². The Labute approximate surface area is 106 Å². The van der Waals surface area contributed by atoms with Gasteiger partial charge in [-0.3, -0.25) is 4.79 Å². The fraction of sp³-hybridized carbons (Fsp3) is 0.929. The molecule has 1 aliphatic heterocycles. The molecule has 0 aromatic heterocycles. The Morgan fingerprint density at radius 1 is 1.24 bits per heavy atom. The highest BCUT2D eigenvalue weighted by molar-refractivity contribution is 5.85. The van der Waals surface area contributed by atoms with Gasteiger partial charge in [0.2, 0.25) is 5.91 Å². The molecule has 0 aromatic carbocycles. The van der Waals surface area contributed by atoms with Gasteiger partial charge in [0.05, 0.1) is 5.54 Å². The van der Waals surface area contributed by atoms with E-state index in [1.807, 2.05) is 13.8 Å². The fourth-order valence-corrected chi connectivity index (χ4v) is 2.31. The van der Waals surface area contributed by atoms with Crippen molar-refractivity contribution in [3.8, 4) is 0 Å². The Bertz CT molecular complexity index is 271. The molecular weight excluding hydrogens is 212 g/mol. The normalized spacial score (nSPS) is 23.6. The van der Waals surface area contributed by atoms with Gasteiger partial charge in [0.15, 0.2) is 0 Å². The summed E-state index contributed by atoms with van der Waals surface area (Å²) in [5.41, 5.74) is -0.254. The summed E-state index contributed by atoms with van der Waals surface area (Å²) >= 11 is 0. The first-order valence-electron chi connectivity index (χ1n) is 6.83. The summed E-state index contributed by atoms with van der Waals surface area (Å²) in [6.07, 6.45) is 3.53. The van der Waals surface area contributed by atoms with Crippen molar-refractivity contribution < 1.29 is 4.79 Å². The molecule has 0 unspecified atom stereocenters. The van der Waals surface area contributed by atoms with Crippen molar-refractivity contribution in [2.75, 3.05) is 19.6 Å². The highest BCUT2D eigenvalue weighted by atomic mass is 16.2. The van der Waals surface area contributed by atoms with Crippen molar-refractivity contribution in [2.45, 2.75) is 59.4 Å². The maximum Gasteiger partial charge on any atom is 0.242 e. The van der Waals surface area contributed by atoms with Crippen molar-refractivity contribution in [1.29, 1.82) is 0 Å². The van der Waals surface area contributed by atoms with E-state index < -0.39 is 5.54 Å². The van der Waals surface area contributed by atoms with E-state index in [4.69, 9.17) is 0 Å². The van der Waals surface area contributed by atoms with E-state index >= 15 is 0 Å². The molecule has 0 saturated carbocycles. The number of unbranched alkanes of at least 4 members (excludes halogenated alkanes) is 2. The van der Waals surface area contributed by atoms with Crippen LogP contribution in [0.1, 0.15) is 53.9 Å². The zero-order valence-corrected chi connectivity index (χ0v) is 12.1. The highest BCUT2D eigenvalue weighted by Gasteiger charge is 2.38. The maximum absolute atomic E-state index is 12.4. The van der Waals surface area contributed by atoms with Gasteiger partial charge < -0.3 is 10.2 Å². The SMILES string of the molecule is CCCCCN1CC(C)(C)CNC(C)(C)C1=O. The van der Waals surface area contributed by atoms with E-state index in [0.717, 1.165) is 26.1 Å². The molecule has 17 heavy (non-hydrogen) atoms. The molecule has 1 amide bonds. The van der Waals surface area contributed by atoms with Crippen LogP contribution in [0.3, 0.4) is 0 Å². The summed E-state index contributed by atoms with van der Waals surface area (Å²) in [7, 11) is 0. The zero-order chi connectivity index (χ0) is 13.1. The molecule has 0 spiro atoms. The Morgan fingerprint density at radius 3 is 2.47 bits per heavy atom. The van der Waals surface area contributed by atoms with E-state index in [2.05, 4.69) is 31.0 Å². The topological polar surface area (TPSA) is 32.3 Å². The van der Waals surface area contributed by atoms with E-state index in [1.165, 1.54) is 12.8 Å². The molecule has 0 bridgehead atoms. The predicted molar refractivity (Wildman–Crippen MR) is 72.0 cm³/mol. The van der Waals surface area contributed by atoms with Gasteiger partial charge >= 0.3 is 0 Å². The Hall–Kier alpha value is -0.570. The summed E-state index contributed by atoms with van der Waals surface area (Å²) in [5, 5.41) is 3.39. The lowest BCUT2D eigenvalue weighted by molar-refractivity contribution is -0.136. The molecule has 1 aliphatic rings. The van der Waals surface area contributed by atoms with Gasteiger partial charge in [-0.25, -0.2) is 0 Å². The van der Waals surface area contributed by atoms with Crippen LogP contribution in [-0.2, 0) is 4.79 Å². The molecule has 3 nitrogen and oxygen atoms in total. The number of carbonyl (C=O) groups excluding carboxylic acids is 1. The van der Waals surface area contributed by atoms with Crippen molar-refractivity contribution in [3.05, 3.63) is 0 Å². The zero-order valence-electron chi connectivity index (χ0n) is 12.1. The largest absolute Gasteiger partial charge is 0.341 e. The first-order valence-corrected chi connectivity index (χ1v) is 6.83. The summed E-state index contributed by atoms with van der Waals surface area (Å²) in [6, 6.07) is 0. The smallest absolute Gasteiger partial charge is 0.242 e. The standard InChI is InChI=1S/C14H28N2O/c1-6-7-8-9-16-11-13(2,3)10-15-14(4,5)12(16)17/h15H,6-11H2,1-5H3. The average molecular weight is 240 g/mol. The lowest BCUT2D eigenvalue weighted by Gasteiger charge is -2.30. The Kier molecular flexibility index (Phi) is 4.59. The third kappa shape index (κ3) is 3.98. The fourth-order valence-electron chi connectivity index (χ4n) is 2.31. The minimum atomic E-state index is -0.417. The van der Waals surface area contributed by atoms with Gasteiger partial charge in [-0.05, 0) is 25.7 Å². The molecule has 0 radical (unpaired) electrons. The van der Waals surface area contributed by atoms with E-state index in [9.17, 15) is 4.79 Å². The molecule has 0 aromatic rings. The van der Waals surface area contributed by atoms with Crippen LogP contribution in [0.25, 0.3) is 0 Å². The summed E-state index contributed by atoms with van der Waals surface area (Å²) in [5.74, 6) is 0.249. The quantitative estimate of drug-likeness (QED) is 0.765. The number of carbonyl (C=O) groups is 1. The minimum Gasteiger partial charge on any atom is -0.341 e. The molecular formula is C14H28N2O. The van der Waals surface area contributed by atoms with Crippen LogP contribution in [0.4, 0.5) is 0 Å².